The van der Waals surface area contributed by atoms with Crippen molar-refractivity contribution in [1.29, 1.82) is 5.26 Å². The molecule has 20 heavy (non-hydrogen) atoms. The minimum Gasteiger partial charge on any atom is -0.349 e. The smallest absolute Gasteiger partial charge is 0.122 e. The third-order valence-electron chi connectivity index (χ3n) is 3.76. The van der Waals surface area contributed by atoms with Crippen LogP contribution in [0.15, 0.2) is 28.7 Å². The standard InChI is InChI=1S/C16H13BrN2S/c17-11-7-5-10(6-8-11)15-12-3-1-2-4-14(12)19-16(20)13(15)9-18/h5-8H,1-4H2,(H,19,20). The number of rotatable bonds is 1. The van der Waals surface area contributed by atoms with Gasteiger partial charge in [0.05, 0.1) is 5.56 Å². The third kappa shape index (κ3) is 2.32. The van der Waals surface area contributed by atoms with E-state index in [0.29, 0.717) is 10.2 Å². The molecular formula is C16H13BrN2S. The monoisotopic (exact) mass is 344 g/mol. The van der Waals surface area contributed by atoms with E-state index in [1.165, 1.54) is 24.1 Å². The lowest BCUT2D eigenvalue weighted by Gasteiger charge is -2.20. The van der Waals surface area contributed by atoms with Crippen molar-refractivity contribution >= 4 is 28.1 Å². The summed E-state index contributed by atoms with van der Waals surface area (Å²) in [5, 5.41) is 9.47. The number of aromatic amines is 1. The van der Waals surface area contributed by atoms with E-state index >= 15 is 0 Å². The molecule has 0 unspecified atom stereocenters. The van der Waals surface area contributed by atoms with Crippen molar-refractivity contribution in [3.05, 3.63) is 50.2 Å². The van der Waals surface area contributed by atoms with Gasteiger partial charge in [0.1, 0.15) is 10.7 Å². The highest BCUT2D eigenvalue weighted by Gasteiger charge is 2.19. The third-order valence-corrected chi connectivity index (χ3v) is 4.59. The maximum Gasteiger partial charge on any atom is 0.122 e. The van der Waals surface area contributed by atoms with Crippen LogP contribution in [0.2, 0.25) is 0 Å². The van der Waals surface area contributed by atoms with Crippen molar-refractivity contribution in [1.82, 2.24) is 4.98 Å². The zero-order valence-corrected chi connectivity index (χ0v) is 13.3. The highest BCUT2D eigenvalue weighted by Crippen LogP contribution is 2.34. The van der Waals surface area contributed by atoms with Gasteiger partial charge in [-0.25, -0.2) is 0 Å². The van der Waals surface area contributed by atoms with Crippen LogP contribution >= 0.6 is 28.1 Å². The summed E-state index contributed by atoms with van der Waals surface area (Å²) in [6.07, 6.45) is 4.39. The van der Waals surface area contributed by atoms with Gasteiger partial charge in [0.25, 0.3) is 0 Å². The Hall–Kier alpha value is -1.44. The molecule has 1 aliphatic rings. The van der Waals surface area contributed by atoms with E-state index in [-0.39, 0.29) is 0 Å². The second-order valence-electron chi connectivity index (χ2n) is 4.99. The Morgan fingerprint density at radius 1 is 1.15 bits per heavy atom. The molecule has 4 heteroatoms. The lowest BCUT2D eigenvalue weighted by Crippen LogP contribution is -2.09. The van der Waals surface area contributed by atoms with Crippen LogP contribution in [0.4, 0.5) is 0 Å². The molecule has 100 valence electrons. The number of hydrogen-bond acceptors (Lipinski definition) is 2. The molecule has 1 heterocycles. The van der Waals surface area contributed by atoms with Gasteiger partial charge in [0.15, 0.2) is 0 Å². The average molecular weight is 345 g/mol. The first-order chi connectivity index (χ1) is 9.70. The predicted octanol–water partition coefficient (Wildman–Crippen LogP) is 4.92. The number of pyridine rings is 1. The summed E-state index contributed by atoms with van der Waals surface area (Å²) in [7, 11) is 0. The topological polar surface area (TPSA) is 39.6 Å². The molecule has 0 atom stereocenters. The quantitative estimate of drug-likeness (QED) is 0.745. The lowest BCUT2D eigenvalue weighted by molar-refractivity contribution is 0.668. The van der Waals surface area contributed by atoms with Gasteiger partial charge in [-0.15, -0.1) is 0 Å². The molecule has 1 N–H and O–H groups in total. The number of nitrogens with zero attached hydrogens (tertiary/aromatic N) is 1. The molecule has 0 saturated carbocycles. The number of H-pyrrole nitrogens is 1. The van der Waals surface area contributed by atoms with E-state index in [0.717, 1.165) is 28.4 Å². The van der Waals surface area contributed by atoms with Crippen LogP contribution < -0.4 is 0 Å². The molecule has 2 aromatic rings. The zero-order chi connectivity index (χ0) is 14.1. The molecule has 0 fully saturated rings. The molecule has 0 saturated heterocycles. The SMILES string of the molecule is N#Cc1c(-c2ccc(Br)cc2)c2c([nH]c1=S)CCCC2. The Morgan fingerprint density at radius 3 is 2.55 bits per heavy atom. The van der Waals surface area contributed by atoms with Gasteiger partial charge in [0, 0.05) is 15.7 Å². The zero-order valence-electron chi connectivity index (χ0n) is 10.9. The first kappa shape index (κ1) is 13.5. The Labute approximate surface area is 131 Å². The number of benzene rings is 1. The molecule has 0 amide bonds. The molecular weight excluding hydrogens is 332 g/mol. The molecule has 0 bridgehead atoms. The number of halogens is 1. The van der Waals surface area contributed by atoms with E-state index in [1.807, 2.05) is 24.3 Å². The number of nitrogens with one attached hydrogen (secondary N) is 1. The lowest BCUT2D eigenvalue weighted by atomic mass is 9.87. The Bertz CT molecular complexity index is 754. The minimum atomic E-state index is 0.561. The fourth-order valence-corrected chi connectivity index (χ4v) is 3.36. The Balaban J connectivity index is 2.32. The molecule has 0 radical (unpaired) electrons. The van der Waals surface area contributed by atoms with Crippen LogP contribution in [-0.2, 0) is 12.8 Å². The van der Waals surface area contributed by atoms with E-state index in [2.05, 4.69) is 27.0 Å². The number of aryl methyl sites for hydroxylation is 1. The molecule has 0 spiro atoms. The van der Waals surface area contributed by atoms with Gasteiger partial charge in [-0.1, -0.05) is 40.3 Å². The van der Waals surface area contributed by atoms with Crippen molar-refractivity contribution < 1.29 is 0 Å². The van der Waals surface area contributed by atoms with E-state index in [4.69, 9.17) is 12.2 Å². The summed E-state index contributed by atoms with van der Waals surface area (Å²) in [6.45, 7) is 0. The van der Waals surface area contributed by atoms with Crippen molar-refractivity contribution in [3.8, 4) is 17.2 Å². The fourth-order valence-electron chi connectivity index (χ4n) is 2.82. The second-order valence-corrected chi connectivity index (χ2v) is 6.31. The van der Waals surface area contributed by atoms with E-state index in [1.54, 1.807) is 0 Å². The molecule has 1 aliphatic carbocycles. The summed E-state index contributed by atoms with van der Waals surface area (Å²) < 4.78 is 1.60. The molecule has 1 aromatic carbocycles. The van der Waals surface area contributed by atoms with Gasteiger partial charge in [-0.3, -0.25) is 0 Å². The van der Waals surface area contributed by atoms with Crippen LogP contribution in [0.25, 0.3) is 11.1 Å². The van der Waals surface area contributed by atoms with Gasteiger partial charge >= 0.3 is 0 Å². The van der Waals surface area contributed by atoms with Crippen LogP contribution in [0.3, 0.4) is 0 Å². The summed E-state index contributed by atoms with van der Waals surface area (Å²) in [5.74, 6) is 0. The van der Waals surface area contributed by atoms with Crippen molar-refractivity contribution in [3.63, 3.8) is 0 Å². The van der Waals surface area contributed by atoms with Crippen LogP contribution in [0, 0.1) is 16.0 Å². The van der Waals surface area contributed by atoms with Crippen molar-refractivity contribution in [2.24, 2.45) is 0 Å². The first-order valence-corrected chi connectivity index (χ1v) is 7.85. The number of hydrogen-bond donors (Lipinski definition) is 1. The minimum absolute atomic E-state index is 0.561. The summed E-state index contributed by atoms with van der Waals surface area (Å²) in [6, 6.07) is 10.4. The summed E-state index contributed by atoms with van der Waals surface area (Å²) in [5.41, 5.74) is 5.17. The van der Waals surface area contributed by atoms with Crippen LogP contribution in [0.5, 0.6) is 0 Å². The van der Waals surface area contributed by atoms with Crippen LogP contribution in [-0.4, -0.2) is 4.98 Å². The van der Waals surface area contributed by atoms with E-state index < -0.39 is 0 Å². The molecule has 1 aromatic heterocycles. The average Bonchev–Trinajstić information content (AvgIpc) is 2.47. The first-order valence-electron chi connectivity index (χ1n) is 6.65. The number of nitriles is 1. The molecule has 2 nitrogen and oxygen atoms in total. The van der Waals surface area contributed by atoms with Gasteiger partial charge in [0.2, 0.25) is 0 Å². The van der Waals surface area contributed by atoms with Crippen molar-refractivity contribution in [2.75, 3.05) is 0 Å². The fraction of sp³-hybridized carbons (Fsp3) is 0.250. The highest BCUT2D eigenvalue weighted by atomic mass is 79.9. The Kier molecular flexibility index (Phi) is 3.73. The summed E-state index contributed by atoms with van der Waals surface area (Å²) >= 11 is 8.81. The maximum absolute atomic E-state index is 9.47. The normalized spacial score (nSPS) is 13.6. The highest BCUT2D eigenvalue weighted by molar-refractivity contribution is 9.10. The van der Waals surface area contributed by atoms with Crippen molar-refractivity contribution in [2.45, 2.75) is 25.7 Å². The van der Waals surface area contributed by atoms with Gasteiger partial charge < -0.3 is 4.98 Å². The Morgan fingerprint density at radius 2 is 1.85 bits per heavy atom. The molecule has 0 aliphatic heterocycles. The largest absolute Gasteiger partial charge is 0.349 e. The predicted molar refractivity (Wildman–Crippen MR) is 86.1 cm³/mol. The summed E-state index contributed by atoms with van der Waals surface area (Å²) in [4.78, 5) is 3.25. The second kappa shape index (κ2) is 5.51. The maximum atomic E-state index is 9.47. The molecule has 3 rings (SSSR count). The van der Waals surface area contributed by atoms with Gasteiger partial charge in [-0.05, 0) is 48.9 Å². The van der Waals surface area contributed by atoms with Gasteiger partial charge in [-0.2, -0.15) is 5.26 Å². The van der Waals surface area contributed by atoms with E-state index in [9.17, 15) is 5.26 Å². The number of aromatic nitrogens is 1. The van der Waals surface area contributed by atoms with Crippen LogP contribution in [0.1, 0.15) is 29.7 Å². The number of fused-ring (bicyclic) bond motifs is 1.